The van der Waals surface area contributed by atoms with Crippen LogP contribution in [-0.4, -0.2) is 40.6 Å². The number of aromatic amines is 1. The second-order valence-electron chi connectivity index (χ2n) is 5.78. The maximum atomic E-state index is 11.7. The molecule has 8 heteroatoms. The summed E-state index contributed by atoms with van der Waals surface area (Å²) in [5.74, 6) is 0.237. The van der Waals surface area contributed by atoms with Crippen LogP contribution in [0.2, 0.25) is 0 Å². The van der Waals surface area contributed by atoms with Crippen LogP contribution in [0.1, 0.15) is 47.7 Å². The molecule has 0 bridgehead atoms. The highest BCUT2D eigenvalue weighted by atomic mass is 16.5. The third kappa shape index (κ3) is 3.47. The minimum atomic E-state index is -0.493. The van der Waals surface area contributed by atoms with Crippen molar-refractivity contribution in [1.82, 2.24) is 15.0 Å². The van der Waals surface area contributed by atoms with Gasteiger partial charge in [0.1, 0.15) is 12.1 Å². The van der Waals surface area contributed by atoms with E-state index in [1.54, 1.807) is 19.9 Å². The van der Waals surface area contributed by atoms with Crippen LogP contribution < -0.4 is 10.5 Å². The average molecular weight is 332 g/mol. The van der Waals surface area contributed by atoms with Gasteiger partial charge in [0.2, 0.25) is 0 Å². The molecule has 3 rings (SSSR count). The Morgan fingerprint density at radius 3 is 3.08 bits per heavy atom. The van der Waals surface area contributed by atoms with Crippen molar-refractivity contribution in [3.05, 3.63) is 39.9 Å². The average Bonchev–Trinajstić information content (AvgIpc) is 3.04. The number of hydrogen-bond acceptors (Lipinski definition) is 7. The van der Waals surface area contributed by atoms with E-state index in [-0.39, 0.29) is 17.2 Å². The van der Waals surface area contributed by atoms with Crippen LogP contribution in [-0.2, 0) is 4.74 Å². The topological polar surface area (TPSA) is 101 Å². The Kier molecular flexibility index (Phi) is 4.64. The molecule has 8 nitrogen and oxygen atoms in total. The van der Waals surface area contributed by atoms with Crippen LogP contribution in [0.15, 0.2) is 21.5 Å². The van der Waals surface area contributed by atoms with E-state index in [9.17, 15) is 9.59 Å². The van der Waals surface area contributed by atoms with Crippen molar-refractivity contribution in [2.45, 2.75) is 32.6 Å². The molecule has 0 saturated carbocycles. The van der Waals surface area contributed by atoms with E-state index in [0.717, 1.165) is 25.1 Å². The number of carbonyl (C=O) groups is 1. The Morgan fingerprint density at radius 1 is 1.50 bits per heavy atom. The number of oxazole rings is 1. The summed E-state index contributed by atoms with van der Waals surface area (Å²) in [7, 11) is 0. The summed E-state index contributed by atoms with van der Waals surface area (Å²) < 4.78 is 10.3. The van der Waals surface area contributed by atoms with Gasteiger partial charge in [-0.2, -0.15) is 4.98 Å². The fraction of sp³-hybridized carbons (Fsp3) is 0.500. The first-order valence-electron chi connectivity index (χ1n) is 8.02. The lowest BCUT2D eigenvalue weighted by molar-refractivity contribution is 0.0519. The van der Waals surface area contributed by atoms with Crippen molar-refractivity contribution in [2.24, 2.45) is 0 Å². The third-order valence-corrected chi connectivity index (χ3v) is 3.97. The summed E-state index contributed by atoms with van der Waals surface area (Å²) in [5.41, 5.74) is 0.799. The molecule has 0 spiro atoms. The molecular weight excluding hydrogens is 312 g/mol. The van der Waals surface area contributed by atoms with Crippen molar-refractivity contribution in [3.8, 4) is 0 Å². The highest BCUT2D eigenvalue weighted by Gasteiger charge is 2.26. The van der Waals surface area contributed by atoms with Crippen LogP contribution in [0.25, 0.3) is 0 Å². The molecule has 1 unspecified atom stereocenters. The molecule has 2 aromatic rings. The van der Waals surface area contributed by atoms with Gasteiger partial charge in [0.25, 0.3) is 11.6 Å². The van der Waals surface area contributed by atoms with Crippen molar-refractivity contribution in [3.63, 3.8) is 0 Å². The van der Waals surface area contributed by atoms with Crippen molar-refractivity contribution >= 4 is 12.0 Å². The minimum absolute atomic E-state index is 0.123. The van der Waals surface area contributed by atoms with E-state index in [1.807, 2.05) is 4.90 Å². The normalized spacial score (nSPS) is 17.8. The Balaban J connectivity index is 1.76. The van der Waals surface area contributed by atoms with E-state index < -0.39 is 5.97 Å². The third-order valence-electron chi connectivity index (χ3n) is 3.97. The fourth-order valence-electron chi connectivity index (χ4n) is 2.91. The number of hydrogen-bond donors (Lipinski definition) is 1. The molecular formula is C16H20N4O4. The number of aromatic nitrogens is 3. The zero-order valence-corrected chi connectivity index (χ0v) is 13.7. The predicted molar refractivity (Wildman–Crippen MR) is 86.2 cm³/mol. The van der Waals surface area contributed by atoms with Gasteiger partial charge in [0.05, 0.1) is 12.3 Å². The standard InChI is InChI=1S/C16H20N4O4/c1-3-23-15(22)13-9-24-16(19-13)20-6-4-5-11(8-20)12-7-14(21)18-10(2)17-12/h7,9,11H,3-6,8H2,1-2H3,(H,17,18,21). The van der Waals surface area contributed by atoms with Gasteiger partial charge >= 0.3 is 5.97 Å². The molecule has 1 atom stereocenters. The molecule has 1 aliphatic heterocycles. The zero-order chi connectivity index (χ0) is 17.1. The molecule has 1 N–H and O–H groups in total. The van der Waals surface area contributed by atoms with Gasteiger partial charge in [0.15, 0.2) is 5.69 Å². The number of aryl methyl sites for hydroxylation is 1. The number of anilines is 1. The van der Waals surface area contributed by atoms with Crippen LogP contribution in [0.5, 0.6) is 0 Å². The molecule has 1 aliphatic rings. The number of H-pyrrole nitrogens is 1. The Hall–Kier alpha value is -2.64. The van der Waals surface area contributed by atoms with Gasteiger partial charge in [-0.15, -0.1) is 0 Å². The Labute approximate surface area is 138 Å². The number of esters is 1. The maximum absolute atomic E-state index is 11.7. The summed E-state index contributed by atoms with van der Waals surface area (Å²) in [6.07, 6.45) is 3.18. The lowest BCUT2D eigenvalue weighted by atomic mass is 9.95. The molecule has 2 aromatic heterocycles. The summed E-state index contributed by atoms with van der Waals surface area (Å²) in [6.45, 7) is 5.22. The molecule has 1 fully saturated rings. The van der Waals surface area contributed by atoms with Crippen LogP contribution in [0.4, 0.5) is 6.01 Å². The summed E-state index contributed by atoms with van der Waals surface area (Å²) in [5, 5.41) is 0. The first-order chi connectivity index (χ1) is 11.6. The van der Waals surface area contributed by atoms with Gasteiger partial charge < -0.3 is 19.0 Å². The van der Waals surface area contributed by atoms with Gasteiger partial charge in [-0.25, -0.2) is 9.78 Å². The summed E-state index contributed by atoms with van der Waals surface area (Å²) in [4.78, 5) is 36.6. The largest absolute Gasteiger partial charge is 0.461 e. The first-order valence-corrected chi connectivity index (χ1v) is 8.02. The molecule has 24 heavy (non-hydrogen) atoms. The van der Waals surface area contributed by atoms with E-state index in [0.29, 0.717) is 25.0 Å². The zero-order valence-electron chi connectivity index (χ0n) is 13.7. The minimum Gasteiger partial charge on any atom is -0.461 e. The lowest BCUT2D eigenvalue weighted by Gasteiger charge is -2.31. The number of carbonyl (C=O) groups excluding carboxylic acids is 1. The predicted octanol–water partition coefficient (Wildman–Crippen LogP) is 1.63. The van der Waals surface area contributed by atoms with E-state index >= 15 is 0 Å². The second-order valence-corrected chi connectivity index (χ2v) is 5.78. The molecule has 0 radical (unpaired) electrons. The van der Waals surface area contributed by atoms with E-state index in [4.69, 9.17) is 9.15 Å². The quantitative estimate of drug-likeness (QED) is 0.849. The number of piperidine rings is 1. The summed E-state index contributed by atoms with van der Waals surface area (Å²) in [6, 6.07) is 1.94. The highest BCUT2D eigenvalue weighted by molar-refractivity contribution is 5.87. The molecule has 0 amide bonds. The second kappa shape index (κ2) is 6.86. The van der Waals surface area contributed by atoms with Gasteiger partial charge in [-0.05, 0) is 26.7 Å². The van der Waals surface area contributed by atoms with Crippen LogP contribution in [0.3, 0.4) is 0 Å². The van der Waals surface area contributed by atoms with Gasteiger partial charge in [0, 0.05) is 25.1 Å². The van der Waals surface area contributed by atoms with Crippen molar-refractivity contribution in [2.75, 3.05) is 24.6 Å². The van der Waals surface area contributed by atoms with E-state index in [1.165, 1.54) is 6.26 Å². The smallest absolute Gasteiger partial charge is 0.360 e. The molecule has 0 aliphatic carbocycles. The van der Waals surface area contributed by atoms with Gasteiger partial charge in [-0.3, -0.25) is 4.79 Å². The Morgan fingerprint density at radius 2 is 2.33 bits per heavy atom. The van der Waals surface area contributed by atoms with Gasteiger partial charge in [-0.1, -0.05) is 0 Å². The first kappa shape index (κ1) is 16.2. The number of nitrogens with one attached hydrogen (secondary N) is 1. The van der Waals surface area contributed by atoms with Crippen molar-refractivity contribution < 1.29 is 13.9 Å². The molecule has 0 aromatic carbocycles. The molecule has 1 saturated heterocycles. The number of rotatable bonds is 4. The molecule has 3 heterocycles. The molecule has 128 valence electrons. The highest BCUT2D eigenvalue weighted by Crippen LogP contribution is 2.28. The van der Waals surface area contributed by atoms with E-state index in [2.05, 4.69) is 15.0 Å². The SMILES string of the molecule is CCOC(=O)c1coc(N2CCCC(c3cc(=O)[nH]c(C)n3)C2)n1. The number of nitrogens with zero attached hydrogens (tertiary/aromatic N) is 3. The maximum Gasteiger partial charge on any atom is 0.360 e. The summed E-state index contributed by atoms with van der Waals surface area (Å²) >= 11 is 0. The lowest BCUT2D eigenvalue weighted by Crippen LogP contribution is -2.35. The monoisotopic (exact) mass is 332 g/mol. The Bertz CT molecular complexity index is 782. The van der Waals surface area contributed by atoms with Crippen LogP contribution in [0, 0.1) is 6.92 Å². The van der Waals surface area contributed by atoms with Crippen LogP contribution >= 0.6 is 0 Å². The van der Waals surface area contributed by atoms with Crippen molar-refractivity contribution in [1.29, 1.82) is 0 Å². The fourth-order valence-corrected chi connectivity index (χ4v) is 2.91. The number of ether oxygens (including phenoxy) is 1.